The van der Waals surface area contributed by atoms with Crippen LogP contribution in [0.3, 0.4) is 0 Å². The van der Waals surface area contributed by atoms with Gasteiger partial charge in [-0.25, -0.2) is 4.68 Å². The summed E-state index contributed by atoms with van der Waals surface area (Å²) in [5, 5.41) is 8.01. The largest absolute Gasteiger partial charge is 0.352 e. The highest BCUT2D eigenvalue weighted by molar-refractivity contribution is 6.30. The first-order valence-electron chi connectivity index (χ1n) is 8.27. The molecule has 1 amide bonds. The van der Waals surface area contributed by atoms with Crippen molar-refractivity contribution in [2.45, 2.75) is 45.1 Å². The molecule has 4 nitrogen and oxygen atoms in total. The van der Waals surface area contributed by atoms with Gasteiger partial charge in [-0.1, -0.05) is 37.3 Å². The van der Waals surface area contributed by atoms with Gasteiger partial charge >= 0.3 is 0 Å². The van der Waals surface area contributed by atoms with Crippen molar-refractivity contribution < 1.29 is 4.79 Å². The fourth-order valence-corrected chi connectivity index (χ4v) is 3.24. The third-order valence-corrected chi connectivity index (χ3v) is 4.72. The zero-order valence-corrected chi connectivity index (χ0v) is 13.9. The molecule has 0 bridgehead atoms. The van der Waals surface area contributed by atoms with Gasteiger partial charge in [0.25, 0.3) is 0 Å². The minimum absolute atomic E-state index is 0.135. The lowest BCUT2D eigenvalue weighted by molar-refractivity contribution is -0.121. The predicted molar refractivity (Wildman–Crippen MR) is 91.6 cm³/mol. The number of rotatable bonds is 6. The lowest BCUT2D eigenvalue weighted by atomic mass is 10.0. The third-order valence-electron chi connectivity index (χ3n) is 4.47. The third kappa shape index (κ3) is 4.58. The molecule has 1 aliphatic carbocycles. The minimum atomic E-state index is 0.135. The maximum absolute atomic E-state index is 11.9. The average molecular weight is 332 g/mol. The molecule has 0 atom stereocenters. The zero-order chi connectivity index (χ0) is 16.1. The quantitative estimate of drug-likeness (QED) is 0.865. The van der Waals surface area contributed by atoms with Gasteiger partial charge in [-0.2, -0.15) is 5.10 Å². The molecule has 0 saturated heterocycles. The summed E-state index contributed by atoms with van der Waals surface area (Å²) in [6.45, 7) is 0.525. The van der Waals surface area contributed by atoms with E-state index in [4.69, 9.17) is 11.6 Å². The van der Waals surface area contributed by atoms with Gasteiger partial charge < -0.3 is 5.32 Å². The van der Waals surface area contributed by atoms with Crippen LogP contribution in [-0.2, 0) is 11.3 Å². The molecule has 23 heavy (non-hydrogen) atoms. The number of nitrogens with one attached hydrogen (secondary N) is 1. The number of benzene rings is 1. The van der Waals surface area contributed by atoms with E-state index in [1.54, 1.807) is 10.9 Å². The number of aromatic nitrogens is 2. The summed E-state index contributed by atoms with van der Waals surface area (Å²) in [5.74, 6) is 0.893. The van der Waals surface area contributed by atoms with E-state index in [0.717, 1.165) is 23.6 Å². The van der Waals surface area contributed by atoms with Gasteiger partial charge in [-0.05, 0) is 36.6 Å². The van der Waals surface area contributed by atoms with E-state index in [2.05, 4.69) is 10.4 Å². The summed E-state index contributed by atoms with van der Waals surface area (Å²) in [6.07, 6.45) is 10.6. The van der Waals surface area contributed by atoms with Crippen molar-refractivity contribution in [2.24, 2.45) is 5.92 Å². The topological polar surface area (TPSA) is 46.9 Å². The highest BCUT2D eigenvalue weighted by Gasteiger charge is 2.16. The van der Waals surface area contributed by atoms with E-state index >= 15 is 0 Å². The summed E-state index contributed by atoms with van der Waals surface area (Å²) in [6, 6.07) is 7.50. The summed E-state index contributed by atoms with van der Waals surface area (Å²) in [5.41, 5.74) is 1.95. The van der Waals surface area contributed by atoms with E-state index in [9.17, 15) is 4.79 Å². The van der Waals surface area contributed by atoms with Crippen molar-refractivity contribution in [1.82, 2.24) is 15.1 Å². The van der Waals surface area contributed by atoms with E-state index in [0.29, 0.717) is 18.0 Å². The zero-order valence-electron chi connectivity index (χ0n) is 13.2. The van der Waals surface area contributed by atoms with Crippen LogP contribution in [0.2, 0.25) is 5.02 Å². The van der Waals surface area contributed by atoms with Crippen LogP contribution >= 0.6 is 11.6 Å². The van der Waals surface area contributed by atoms with Crippen molar-refractivity contribution in [3.05, 3.63) is 47.2 Å². The monoisotopic (exact) mass is 331 g/mol. The Hall–Kier alpha value is -1.81. The second-order valence-corrected chi connectivity index (χ2v) is 6.67. The Morgan fingerprint density at radius 1 is 1.26 bits per heavy atom. The van der Waals surface area contributed by atoms with Crippen LogP contribution in [-0.4, -0.2) is 15.7 Å². The average Bonchev–Trinajstić information content (AvgIpc) is 3.23. The van der Waals surface area contributed by atoms with Gasteiger partial charge in [-0.15, -0.1) is 0 Å². The first-order valence-corrected chi connectivity index (χ1v) is 8.65. The van der Waals surface area contributed by atoms with Crippen molar-refractivity contribution in [2.75, 3.05) is 0 Å². The Morgan fingerprint density at radius 2 is 2.00 bits per heavy atom. The van der Waals surface area contributed by atoms with E-state index in [-0.39, 0.29) is 5.91 Å². The number of hydrogen-bond donors (Lipinski definition) is 1. The van der Waals surface area contributed by atoms with Crippen molar-refractivity contribution >= 4 is 17.5 Å². The Balaban J connectivity index is 1.47. The van der Waals surface area contributed by atoms with Crippen LogP contribution < -0.4 is 5.32 Å². The lowest BCUT2D eigenvalue weighted by Gasteiger charge is -2.08. The number of carbonyl (C=O) groups is 1. The van der Waals surface area contributed by atoms with Gasteiger partial charge in [0.05, 0.1) is 11.9 Å². The Labute approximate surface area is 141 Å². The summed E-state index contributed by atoms with van der Waals surface area (Å²) < 4.78 is 1.79. The van der Waals surface area contributed by atoms with Gasteiger partial charge in [0.2, 0.25) is 5.91 Å². The van der Waals surface area contributed by atoms with Crippen LogP contribution in [0.4, 0.5) is 0 Å². The van der Waals surface area contributed by atoms with E-state index < -0.39 is 0 Å². The molecular weight excluding hydrogens is 310 g/mol. The van der Waals surface area contributed by atoms with Gasteiger partial charge in [0.15, 0.2) is 0 Å². The van der Waals surface area contributed by atoms with Crippen LogP contribution in [0.15, 0.2) is 36.7 Å². The van der Waals surface area contributed by atoms with Crippen LogP contribution in [0.1, 0.15) is 44.1 Å². The molecule has 1 heterocycles. The Kier molecular flexibility index (Phi) is 5.34. The Bertz CT molecular complexity index is 645. The maximum atomic E-state index is 11.9. The molecule has 1 N–H and O–H groups in total. The molecular formula is C18H22ClN3O. The van der Waals surface area contributed by atoms with Crippen molar-refractivity contribution in [3.8, 4) is 5.69 Å². The molecule has 3 rings (SSSR count). The predicted octanol–water partition coefficient (Wildman–Crippen LogP) is 4.11. The second-order valence-electron chi connectivity index (χ2n) is 6.24. The normalized spacial score (nSPS) is 15.0. The van der Waals surface area contributed by atoms with Gasteiger partial charge in [-0.3, -0.25) is 4.79 Å². The number of amides is 1. The molecule has 0 radical (unpaired) electrons. The van der Waals surface area contributed by atoms with Crippen molar-refractivity contribution in [1.29, 1.82) is 0 Å². The highest BCUT2D eigenvalue weighted by atomic mass is 35.5. The van der Waals surface area contributed by atoms with Crippen LogP contribution in [0.25, 0.3) is 5.69 Å². The van der Waals surface area contributed by atoms with Crippen molar-refractivity contribution in [3.63, 3.8) is 0 Å². The fourth-order valence-electron chi connectivity index (χ4n) is 3.11. The number of nitrogens with zero attached hydrogens (tertiary/aromatic N) is 2. The van der Waals surface area contributed by atoms with Crippen LogP contribution in [0.5, 0.6) is 0 Å². The smallest absolute Gasteiger partial charge is 0.220 e. The maximum Gasteiger partial charge on any atom is 0.220 e. The SMILES string of the molecule is O=C(CCC1CCCC1)NCc1cnn(-c2ccc(Cl)cc2)c1. The molecule has 1 aromatic carbocycles. The van der Waals surface area contributed by atoms with Gasteiger partial charge in [0.1, 0.15) is 0 Å². The summed E-state index contributed by atoms with van der Waals surface area (Å²) in [4.78, 5) is 11.9. The molecule has 1 aromatic heterocycles. The number of carbonyl (C=O) groups excluding carboxylic acids is 1. The number of hydrogen-bond acceptors (Lipinski definition) is 2. The first kappa shape index (κ1) is 16.1. The molecule has 5 heteroatoms. The van der Waals surface area contributed by atoms with E-state index in [1.165, 1.54) is 25.7 Å². The fraction of sp³-hybridized carbons (Fsp3) is 0.444. The summed E-state index contributed by atoms with van der Waals surface area (Å²) in [7, 11) is 0. The van der Waals surface area contributed by atoms with Gasteiger partial charge in [0, 0.05) is 29.7 Å². The molecule has 0 spiro atoms. The number of halogens is 1. The standard InChI is InChI=1S/C18H22ClN3O/c19-16-6-8-17(9-7-16)22-13-15(12-21-22)11-20-18(23)10-5-14-3-1-2-4-14/h6-9,12-14H,1-5,10-11H2,(H,20,23). The molecule has 1 saturated carbocycles. The molecule has 0 unspecified atom stereocenters. The first-order chi connectivity index (χ1) is 11.2. The summed E-state index contributed by atoms with van der Waals surface area (Å²) >= 11 is 5.89. The van der Waals surface area contributed by atoms with Crippen LogP contribution in [0, 0.1) is 5.92 Å². The molecule has 122 valence electrons. The molecule has 1 aliphatic rings. The Morgan fingerprint density at radius 3 is 2.74 bits per heavy atom. The molecule has 1 fully saturated rings. The minimum Gasteiger partial charge on any atom is -0.352 e. The second kappa shape index (κ2) is 7.64. The molecule has 0 aliphatic heterocycles. The molecule has 2 aromatic rings. The highest BCUT2D eigenvalue weighted by Crippen LogP contribution is 2.28. The van der Waals surface area contributed by atoms with E-state index in [1.807, 2.05) is 30.5 Å². The lowest BCUT2D eigenvalue weighted by Crippen LogP contribution is -2.22.